The Labute approximate surface area is 179 Å². The summed E-state index contributed by atoms with van der Waals surface area (Å²) in [4.78, 5) is 24.1. The Balaban J connectivity index is 1.94. The summed E-state index contributed by atoms with van der Waals surface area (Å²) >= 11 is 0. The Kier molecular flexibility index (Phi) is 6.89. The van der Waals surface area contributed by atoms with E-state index < -0.39 is 24.0 Å². The van der Waals surface area contributed by atoms with E-state index >= 15 is 0 Å². The summed E-state index contributed by atoms with van der Waals surface area (Å²) in [6, 6.07) is 17.8. The van der Waals surface area contributed by atoms with Crippen LogP contribution in [0.1, 0.15) is 24.2 Å². The third-order valence-electron chi connectivity index (χ3n) is 4.91. The second-order valence-electron chi connectivity index (χ2n) is 7.23. The Morgan fingerprint density at radius 2 is 1.68 bits per heavy atom. The number of aryl methyl sites for hydroxylation is 1. The summed E-state index contributed by atoms with van der Waals surface area (Å²) < 4.78 is 5.77. The Hall–Kier alpha value is -3.84. The van der Waals surface area contributed by atoms with Crippen molar-refractivity contribution < 1.29 is 24.6 Å². The van der Waals surface area contributed by atoms with E-state index in [2.05, 4.69) is 5.32 Å². The molecule has 160 valence electrons. The van der Waals surface area contributed by atoms with E-state index in [1.54, 1.807) is 43.3 Å². The number of carbonyl (C=O) groups is 2. The molecular weight excluding hydrogens is 396 g/mol. The normalized spacial score (nSPS) is 13.0. The van der Waals surface area contributed by atoms with Gasteiger partial charge in [0.25, 0.3) is 5.91 Å². The maximum absolute atomic E-state index is 12.7. The van der Waals surface area contributed by atoms with Crippen molar-refractivity contribution in [1.29, 1.82) is 0 Å². The number of ether oxygens (including phenoxy) is 1. The fourth-order valence-corrected chi connectivity index (χ4v) is 3.29. The van der Waals surface area contributed by atoms with E-state index in [0.29, 0.717) is 16.6 Å². The van der Waals surface area contributed by atoms with Gasteiger partial charge < -0.3 is 9.84 Å². The van der Waals surface area contributed by atoms with E-state index in [9.17, 15) is 14.7 Å². The molecule has 0 unspecified atom stereocenters. The van der Waals surface area contributed by atoms with Crippen LogP contribution in [0.25, 0.3) is 10.8 Å². The fraction of sp³-hybridized carbons (Fsp3) is 0.167. The lowest BCUT2D eigenvalue weighted by Gasteiger charge is -2.24. The zero-order valence-corrected chi connectivity index (χ0v) is 17.2. The van der Waals surface area contributed by atoms with Crippen molar-refractivity contribution >= 4 is 28.5 Å². The highest BCUT2D eigenvalue weighted by molar-refractivity contribution is 5.92. The van der Waals surface area contributed by atoms with Crippen LogP contribution in [0, 0.1) is 12.8 Å². The zero-order valence-electron chi connectivity index (χ0n) is 17.2. The first kappa shape index (κ1) is 21.9. The molecule has 3 rings (SSSR count). The quantitative estimate of drug-likeness (QED) is 0.259. The highest BCUT2D eigenvalue weighted by Crippen LogP contribution is 2.36. The minimum absolute atomic E-state index is 0.116. The molecule has 0 aliphatic carbocycles. The first-order valence-electron chi connectivity index (χ1n) is 9.76. The average molecular weight is 420 g/mol. The van der Waals surface area contributed by atoms with Crippen molar-refractivity contribution in [3.8, 4) is 5.75 Å². The molecule has 0 fully saturated rings. The molecule has 2 amide bonds. The van der Waals surface area contributed by atoms with E-state index in [-0.39, 0.29) is 5.75 Å². The van der Waals surface area contributed by atoms with Crippen molar-refractivity contribution in [2.75, 3.05) is 5.32 Å². The predicted molar refractivity (Wildman–Crippen MR) is 118 cm³/mol. The van der Waals surface area contributed by atoms with Gasteiger partial charge in [-0.05, 0) is 30.5 Å². The summed E-state index contributed by atoms with van der Waals surface area (Å²) in [6.07, 6.45) is 1.29. The number of hydroxylamine groups is 1. The Bertz CT molecular complexity index is 1110. The lowest BCUT2D eigenvalue weighted by atomic mass is 9.92. The number of hydrogen-bond donors (Lipinski definition) is 4. The molecule has 3 aromatic rings. The number of carbonyl (C=O) groups excluding carboxylic acids is 2. The van der Waals surface area contributed by atoms with Crippen molar-refractivity contribution in [3.63, 3.8) is 0 Å². The second kappa shape index (κ2) is 9.77. The standard InChI is InChI=1S/C24H24N2O5/c1-15-7-10-17(11-8-15)25-24(29)31-23(16(2)9-14-22(28)26-30)20-12-13-21(27)19-6-4-3-5-18(19)20/h3-14,16,23,27,30H,1-2H3,(H,25,29)(H,26,28)/b14-9+/t16-,23+/m0/s1. The van der Waals surface area contributed by atoms with Crippen LogP contribution in [0.3, 0.4) is 0 Å². The maximum atomic E-state index is 12.7. The fourth-order valence-electron chi connectivity index (χ4n) is 3.29. The SMILES string of the molecule is Cc1ccc(NC(=O)O[C@@H](c2ccc(O)c3ccccc23)[C@@H](C)/C=C/C(=O)NO)cc1. The van der Waals surface area contributed by atoms with Gasteiger partial charge in [0.1, 0.15) is 11.9 Å². The van der Waals surface area contributed by atoms with Gasteiger partial charge in [0.15, 0.2) is 0 Å². The van der Waals surface area contributed by atoms with E-state index in [1.807, 2.05) is 31.2 Å². The maximum Gasteiger partial charge on any atom is 0.412 e. The van der Waals surface area contributed by atoms with Gasteiger partial charge in [0.2, 0.25) is 0 Å². The third kappa shape index (κ3) is 5.40. The highest BCUT2D eigenvalue weighted by Gasteiger charge is 2.25. The first-order chi connectivity index (χ1) is 14.9. The number of rotatable bonds is 6. The van der Waals surface area contributed by atoms with Crippen molar-refractivity contribution in [3.05, 3.63) is 83.9 Å². The summed E-state index contributed by atoms with van der Waals surface area (Å²) in [5.74, 6) is -0.996. The van der Waals surface area contributed by atoms with Gasteiger partial charge in [0.05, 0.1) is 0 Å². The summed E-state index contributed by atoms with van der Waals surface area (Å²) in [5.41, 5.74) is 3.86. The lowest BCUT2D eigenvalue weighted by Crippen LogP contribution is -2.22. The largest absolute Gasteiger partial charge is 0.507 e. The van der Waals surface area contributed by atoms with Gasteiger partial charge in [-0.1, -0.05) is 61.0 Å². The van der Waals surface area contributed by atoms with Gasteiger partial charge in [-0.2, -0.15) is 0 Å². The average Bonchev–Trinajstić information content (AvgIpc) is 2.78. The monoisotopic (exact) mass is 420 g/mol. The molecule has 7 nitrogen and oxygen atoms in total. The summed E-state index contributed by atoms with van der Waals surface area (Å²) in [5, 5.41) is 23.0. The Morgan fingerprint density at radius 3 is 2.35 bits per heavy atom. The molecule has 0 heterocycles. The van der Waals surface area contributed by atoms with Crippen molar-refractivity contribution in [2.45, 2.75) is 20.0 Å². The van der Waals surface area contributed by atoms with Crippen LogP contribution in [0.5, 0.6) is 5.75 Å². The van der Waals surface area contributed by atoms with Crippen LogP contribution >= 0.6 is 0 Å². The molecule has 0 aliphatic rings. The third-order valence-corrected chi connectivity index (χ3v) is 4.91. The number of phenolic OH excluding ortho intramolecular Hbond substituents is 1. The number of aromatic hydroxyl groups is 1. The molecule has 0 aromatic heterocycles. The molecule has 7 heteroatoms. The number of amides is 2. The van der Waals surface area contributed by atoms with Gasteiger partial charge in [-0.3, -0.25) is 15.3 Å². The summed E-state index contributed by atoms with van der Waals surface area (Å²) in [6.45, 7) is 3.73. The predicted octanol–water partition coefficient (Wildman–Crippen LogP) is 4.84. The van der Waals surface area contributed by atoms with Crippen LogP contribution in [0.4, 0.5) is 10.5 Å². The molecule has 31 heavy (non-hydrogen) atoms. The molecule has 0 radical (unpaired) electrons. The molecule has 0 bridgehead atoms. The highest BCUT2D eigenvalue weighted by atomic mass is 16.6. The number of fused-ring (bicyclic) bond motifs is 1. The number of phenols is 1. The minimum Gasteiger partial charge on any atom is -0.507 e. The molecule has 3 aromatic carbocycles. The Morgan fingerprint density at radius 1 is 1.00 bits per heavy atom. The molecule has 0 spiro atoms. The van der Waals surface area contributed by atoms with E-state index in [0.717, 1.165) is 10.9 Å². The van der Waals surface area contributed by atoms with Gasteiger partial charge >= 0.3 is 6.09 Å². The lowest BCUT2D eigenvalue weighted by molar-refractivity contribution is -0.124. The van der Waals surface area contributed by atoms with Crippen LogP contribution in [-0.4, -0.2) is 22.3 Å². The number of hydrogen-bond acceptors (Lipinski definition) is 5. The molecular formula is C24H24N2O5. The molecule has 0 saturated carbocycles. The van der Waals surface area contributed by atoms with Gasteiger partial charge in [-0.15, -0.1) is 0 Å². The molecule has 4 N–H and O–H groups in total. The summed E-state index contributed by atoms with van der Waals surface area (Å²) in [7, 11) is 0. The smallest absolute Gasteiger partial charge is 0.412 e. The van der Waals surface area contributed by atoms with Crippen LogP contribution in [-0.2, 0) is 9.53 Å². The number of nitrogens with one attached hydrogen (secondary N) is 2. The van der Waals surface area contributed by atoms with Crippen LogP contribution in [0.15, 0.2) is 72.8 Å². The number of benzene rings is 3. The van der Waals surface area contributed by atoms with Crippen LogP contribution < -0.4 is 10.8 Å². The zero-order chi connectivity index (χ0) is 22.4. The van der Waals surface area contributed by atoms with Crippen molar-refractivity contribution in [1.82, 2.24) is 5.48 Å². The minimum atomic E-state index is -0.765. The van der Waals surface area contributed by atoms with Gasteiger partial charge in [-0.25, -0.2) is 10.3 Å². The van der Waals surface area contributed by atoms with Crippen LogP contribution in [0.2, 0.25) is 0 Å². The topological polar surface area (TPSA) is 108 Å². The van der Waals surface area contributed by atoms with Gasteiger partial charge in [0, 0.05) is 28.6 Å². The molecule has 2 atom stereocenters. The molecule has 0 aliphatic heterocycles. The van der Waals surface area contributed by atoms with Crippen molar-refractivity contribution in [2.24, 2.45) is 5.92 Å². The first-order valence-corrected chi connectivity index (χ1v) is 9.76. The van der Waals surface area contributed by atoms with E-state index in [1.165, 1.54) is 17.6 Å². The number of anilines is 1. The second-order valence-corrected chi connectivity index (χ2v) is 7.23. The molecule has 0 saturated heterocycles. The van der Waals surface area contributed by atoms with E-state index in [4.69, 9.17) is 9.94 Å².